The normalized spacial score (nSPS) is 19.2. The summed E-state index contributed by atoms with van der Waals surface area (Å²) in [7, 11) is 2.09. The molecule has 1 aliphatic rings. The molecule has 0 amide bonds. The summed E-state index contributed by atoms with van der Waals surface area (Å²) < 4.78 is 5.83. The fourth-order valence-corrected chi connectivity index (χ4v) is 1.91. The molecular weight excluding hydrogens is 202 g/mol. The highest BCUT2D eigenvalue weighted by Gasteiger charge is 2.24. The molecule has 0 aromatic heterocycles. The molecule has 2 rings (SSSR count). The number of nitrogens with zero attached hydrogens (tertiary/aromatic N) is 1. The number of benzene rings is 1. The Kier molecular flexibility index (Phi) is 3.46. The first-order valence-corrected chi connectivity index (χ1v) is 5.75. The summed E-state index contributed by atoms with van der Waals surface area (Å²) in [4.78, 5) is 2.23. The predicted octanol–water partition coefficient (Wildman–Crippen LogP) is 1.48. The van der Waals surface area contributed by atoms with E-state index in [-0.39, 0.29) is 12.5 Å². The van der Waals surface area contributed by atoms with Gasteiger partial charge in [0.15, 0.2) is 0 Å². The van der Waals surface area contributed by atoms with Gasteiger partial charge in [0, 0.05) is 25.6 Å². The molecule has 3 nitrogen and oxygen atoms in total. The molecule has 0 radical (unpaired) electrons. The van der Waals surface area contributed by atoms with Gasteiger partial charge in [-0.15, -0.1) is 0 Å². The Labute approximate surface area is 96.6 Å². The lowest BCUT2D eigenvalue weighted by molar-refractivity contribution is 0.0387. The minimum absolute atomic E-state index is 0.174. The molecule has 1 aliphatic heterocycles. The molecule has 1 fully saturated rings. The SMILES string of the molecule is CC(CO)c1cccc(OC2CN(C)C2)c1. The first-order chi connectivity index (χ1) is 7.69. The van der Waals surface area contributed by atoms with E-state index in [1.807, 2.05) is 31.2 Å². The summed E-state index contributed by atoms with van der Waals surface area (Å²) >= 11 is 0. The van der Waals surface area contributed by atoms with Crippen LogP contribution in [0.15, 0.2) is 24.3 Å². The van der Waals surface area contributed by atoms with E-state index >= 15 is 0 Å². The van der Waals surface area contributed by atoms with E-state index in [2.05, 4.69) is 11.9 Å². The van der Waals surface area contributed by atoms with Gasteiger partial charge in [-0.1, -0.05) is 19.1 Å². The summed E-state index contributed by atoms with van der Waals surface area (Å²) in [6.07, 6.45) is 0.324. The van der Waals surface area contributed by atoms with E-state index in [4.69, 9.17) is 9.84 Å². The number of rotatable bonds is 4. The van der Waals surface area contributed by atoms with Crippen molar-refractivity contribution in [2.45, 2.75) is 18.9 Å². The average Bonchev–Trinajstić information content (AvgIpc) is 2.26. The van der Waals surface area contributed by atoms with Gasteiger partial charge >= 0.3 is 0 Å². The second-order valence-corrected chi connectivity index (χ2v) is 4.62. The third-order valence-electron chi connectivity index (χ3n) is 3.03. The van der Waals surface area contributed by atoms with Crippen LogP contribution in [0.25, 0.3) is 0 Å². The zero-order valence-corrected chi connectivity index (χ0v) is 9.89. The van der Waals surface area contributed by atoms with Crippen molar-refractivity contribution in [3.8, 4) is 5.75 Å². The summed E-state index contributed by atoms with van der Waals surface area (Å²) in [5.74, 6) is 1.09. The second-order valence-electron chi connectivity index (χ2n) is 4.62. The Morgan fingerprint density at radius 1 is 1.50 bits per heavy atom. The molecule has 0 aliphatic carbocycles. The van der Waals surface area contributed by atoms with Crippen LogP contribution in [0.3, 0.4) is 0 Å². The molecule has 0 saturated carbocycles. The van der Waals surface area contributed by atoms with Crippen LogP contribution in [0.2, 0.25) is 0 Å². The van der Waals surface area contributed by atoms with Crippen LogP contribution >= 0.6 is 0 Å². The van der Waals surface area contributed by atoms with Gasteiger partial charge in [0.2, 0.25) is 0 Å². The van der Waals surface area contributed by atoms with Gasteiger partial charge in [-0.05, 0) is 24.7 Å². The quantitative estimate of drug-likeness (QED) is 0.836. The third-order valence-corrected chi connectivity index (χ3v) is 3.03. The maximum absolute atomic E-state index is 9.11. The zero-order valence-electron chi connectivity index (χ0n) is 9.89. The van der Waals surface area contributed by atoms with E-state index in [0.29, 0.717) is 6.10 Å². The highest BCUT2D eigenvalue weighted by Crippen LogP contribution is 2.22. The van der Waals surface area contributed by atoms with E-state index in [1.165, 1.54) is 0 Å². The molecule has 1 N–H and O–H groups in total. The predicted molar refractivity (Wildman–Crippen MR) is 63.9 cm³/mol. The first-order valence-electron chi connectivity index (χ1n) is 5.75. The van der Waals surface area contributed by atoms with Crippen LogP contribution in [0.1, 0.15) is 18.4 Å². The second kappa shape index (κ2) is 4.85. The summed E-state index contributed by atoms with van der Waals surface area (Å²) in [5.41, 5.74) is 1.13. The van der Waals surface area contributed by atoms with Gasteiger partial charge in [-0.25, -0.2) is 0 Å². The summed E-state index contributed by atoms with van der Waals surface area (Å²) in [6, 6.07) is 8.02. The molecule has 1 aromatic rings. The van der Waals surface area contributed by atoms with Crippen molar-refractivity contribution in [2.24, 2.45) is 0 Å². The number of aliphatic hydroxyl groups excluding tert-OH is 1. The molecule has 0 spiro atoms. The van der Waals surface area contributed by atoms with Crippen LogP contribution in [0.5, 0.6) is 5.75 Å². The molecule has 3 heteroatoms. The molecule has 1 unspecified atom stereocenters. The minimum atomic E-state index is 0.174. The number of likely N-dealkylation sites (tertiary alicyclic amines) is 1. The van der Waals surface area contributed by atoms with Crippen LogP contribution in [0, 0.1) is 0 Å². The van der Waals surface area contributed by atoms with Crippen LogP contribution in [-0.2, 0) is 0 Å². The monoisotopic (exact) mass is 221 g/mol. The highest BCUT2D eigenvalue weighted by molar-refractivity contribution is 5.31. The van der Waals surface area contributed by atoms with Crippen LogP contribution in [0.4, 0.5) is 0 Å². The molecule has 1 atom stereocenters. The fraction of sp³-hybridized carbons (Fsp3) is 0.538. The molecule has 88 valence electrons. The van der Waals surface area contributed by atoms with Crippen molar-refractivity contribution >= 4 is 0 Å². The van der Waals surface area contributed by atoms with Crippen molar-refractivity contribution in [1.82, 2.24) is 4.90 Å². The Bertz CT molecular complexity index is 348. The highest BCUT2D eigenvalue weighted by atomic mass is 16.5. The summed E-state index contributed by atoms with van der Waals surface area (Å²) in [6.45, 7) is 4.19. The smallest absolute Gasteiger partial charge is 0.124 e. The number of hydrogen-bond donors (Lipinski definition) is 1. The average molecular weight is 221 g/mol. The molecule has 1 saturated heterocycles. The first kappa shape index (κ1) is 11.4. The van der Waals surface area contributed by atoms with E-state index in [9.17, 15) is 0 Å². The number of likely N-dealkylation sites (N-methyl/N-ethyl adjacent to an activating group) is 1. The zero-order chi connectivity index (χ0) is 11.5. The largest absolute Gasteiger partial charge is 0.488 e. The molecule has 0 bridgehead atoms. The Morgan fingerprint density at radius 2 is 2.25 bits per heavy atom. The number of aliphatic hydroxyl groups is 1. The number of hydrogen-bond acceptors (Lipinski definition) is 3. The van der Waals surface area contributed by atoms with Gasteiger partial charge in [-0.2, -0.15) is 0 Å². The van der Waals surface area contributed by atoms with Gasteiger partial charge < -0.3 is 9.84 Å². The molecular formula is C13H19NO2. The van der Waals surface area contributed by atoms with E-state index in [0.717, 1.165) is 24.4 Å². The minimum Gasteiger partial charge on any atom is -0.488 e. The molecule has 1 heterocycles. The third kappa shape index (κ3) is 2.54. The van der Waals surface area contributed by atoms with Gasteiger partial charge in [0.25, 0.3) is 0 Å². The van der Waals surface area contributed by atoms with Crippen molar-refractivity contribution in [3.63, 3.8) is 0 Å². The Balaban J connectivity index is 1.99. The molecule has 1 aromatic carbocycles. The topological polar surface area (TPSA) is 32.7 Å². The van der Waals surface area contributed by atoms with Gasteiger partial charge in [-0.3, -0.25) is 4.90 Å². The van der Waals surface area contributed by atoms with Gasteiger partial charge in [0.05, 0.1) is 0 Å². The van der Waals surface area contributed by atoms with Crippen molar-refractivity contribution in [2.75, 3.05) is 26.7 Å². The maximum atomic E-state index is 9.11. The van der Waals surface area contributed by atoms with Crippen LogP contribution < -0.4 is 4.74 Å². The van der Waals surface area contributed by atoms with E-state index in [1.54, 1.807) is 0 Å². The number of ether oxygens (including phenoxy) is 1. The standard InChI is InChI=1S/C13H19NO2/c1-10(9-15)11-4-3-5-12(6-11)16-13-7-14(2)8-13/h3-6,10,13,15H,7-9H2,1-2H3. The van der Waals surface area contributed by atoms with Crippen LogP contribution in [-0.4, -0.2) is 42.9 Å². The Morgan fingerprint density at radius 3 is 2.88 bits per heavy atom. The fourth-order valence-electron chi connectivity index (χ4n) is 1.91. The lowest BCUT2D eigenvalue weighted by atomic mass is 10.0. The molecule has 16 heavy (non-hydrogen) atoms. The maximum Gasteiger partial charge on any atom is 0.124 e. The van der Waals surface area contributed by atoms with Crippen molar-refractivity contribution in [1.29, 1.82) is 0 Å². The van der Waals surface area contributed by atoms with Gasteiger partial charge in [0.1, 0.15) is 11.9 Å². The van der Waals surface area contributed by atoms with Crippen molar-refractivity contribution < 1.29 is 9.84 Å². The van der Waals surface area contributed by atoms with E-state index < -0.39 is 0 Å². The lowest BCUT2D eigenvalue weighted by Gasteiger charge is -2.36. The van der Waals surface area contributed by atoms with Crippen molar-refractivity contribution in [3.05, 3.63) is 29.8 Å². The lowest BCUT2D eigenvalue weighted by Crippen LogP contribution is -2.51. The summed E-state index contributed by atoms with van der Waals surface area (Å²) in [5, 5.41) is 9.11. The Hall–Kier alpha value is -1.06.